The third-order valence-corrected chi connectivity index (χ3v) is 3.20. The van der Waals surface area contributed by atoms with E-state index in [1.54, 1.807) is 0 Å². The average Bonchev–Trinajstić information content (AvgIpc) is 2.18. The van der Waals surface area contributed by atoms with E-state index in [4.69, 9.17) is 17.3 Å². The SMILES string of the molecule is Cl.NC1(C(=O)Cl)CCCc2ccccc21. The van der Waals surface area contributed by atoms with Gasteiger partial charge in [-0.1, -0.05) is 24.3 Å². The maximum absolute atomic E-state index is 11.3. The molecular formula is C11H13Cl2NO. The highest BCUT2D eigenvalue weighted by Crippen LogP contribution is 2.34. The van der Waals surface area contributed by atoms with Crippen LogP contribution < -0.4 is 5.73 Å². The zero-order valence-corrected chi connectivity index (χ0v) is 9.77. The van der Waals surface area contributed by atoms with E-state index in [0.29, 0.717) is 6.42 Å². The Morgan fingerprint density at radius 1 is 1.40 bits per heavy atom. The molecule has 0 amide bonds. The van der Waals surface area contributed by atoms with E-state index in [9.17, 15) is 4.79 Å². The molecule has 1 atom stereocenters. The van der Waals surface area contributed by atoms with Gasteiger partial charge in [-0.05, 0) is 42.0 Å². The summed E-state index contributed by atoms with van der Waals surface area (Å²) in [6.45, 7) is 0. The van der Waals surface area contributed by atoms with Gasteiger partial charge in [-0.25, -0.2) is 0 Å². The first-order valence-corrected chi connectivity index (χ1v) is 5.09. The van der Waals surface area contributed by atoms with Crippen molar-refractivity contribution in [1.29, 1.82) is 0 Å². The van der Waals surface area contributed by atoms with E-state index in [2.05, 4.69) is 0 Å². The number of carbonyl (C=O) groups excluding carboxylic acids is 1. The molecule has 1 aromatic carbocycles. The van der Waals surface area contributed by atoms with Crippen molar-refractivity contribution in [1.82, 2.24) is 0 Å². The second kappa shape index (κ2) is 4.52. The maximum atomic E-state index is 11.3. The van der Waals surface area contributed by atoms with Gasteiger partial charge in [0.25, 0.3) is 0 Å². The number of rotatable bonds is 1. The number of halogens is 2. The average molecular weight is 246 g/mol. The summed E-state index contributed by atoms with van der Waals surface area (Å²) in [5.41, 5.74) is 7.11. The third-order valence-electron chi connectivity index (χ3n) is 2.87. The Labute approximate surface area is 100 Å². The normalized spacial score (nSPS) is 23.9. The molecule has 0 bridgehead atoms. The summed E-state index contributed by atoms with van der Waals surface area (Å²) < 4.78 is 0. The van der Waals surface area contributed by atoms with Gasteiger partial charge in [0, 0.05) is 0 Å². The fraction of sp³-hybridized carbons (Fsp3) is 0.364. The molecule has 2 rings (SSSR count). The van der Waals surface area contributed by atoms with E-state index in [-0.39, 0.29) is 12.4 Å². The first-order valence-electron chi connectivity index (χ1n) is 4.72. The molecule has 1 unspecified atom stereocenters. The quantitative estimate of drug-likeness (QED) is 0.773. The Hall–Kier alpha value is -0.570. The fourth-order valence-corrected chi connectivity index (χ4v) is 2.27. The Morgan fingerprint density at radius 3 is 2.73 bits per heavy atom. The van der Waals surface area contributed by atoms with Crippen LogP contribution in [-0.4, -0.2) is 5.24 Å². The predicted octanol–water partition coefficient (Wildman–Crippen LogP) is 2.36. The molecule has 1 aliphatic carbocycles. The molecule has 4 heteroatoms. The molecule has 82 valence electrons. The van der Waals surface area contributed by atoms with Crippen LogP contribution in [0.5, 0.6) is 0 Å². The summed E-state index contributed by atoms with van der Waals surface area (Å²) in [5.74, 6) is 0. The summed E-state index contributed by atoms with van der Waals surface area (Å²) >= 11 is 5.56. The van der Waals surface area contributed by atoms with Crippen LogP contribution in [0.2, 0.25) is 0 Å². The van der Waals surface area contributed by atoms with Crippen molar-refractivity contribution in [3.63, 3.8) is 0 Å². The summed E-state index contributed by atoms with van der Waals surface area (Å²) in [7, 11) is 0. The molecule has 0 spiro atoms. The number of carbonyl (C=O) groups is 1. The van der Waals surface area contributed by atoms with Crippen LogP contribution in [0.25, 0.3) is 0 Å². The van der Waals surface area contributed by atoms with E-state index >= 15 is 0 Å². The Bertz CT molecular complexity index is 381. The van der Waals surface area contributed by atoms with Crippen LogP contribution in [0, 0.1) is 0 Å². The van der Waals surface area contributed by atoms with Gasteiger partial charge < -0.3 is 5.73 Å². The highest BCUT2D eigenvalue weighted by Gasteiger charge is 2.38. The van der Waals surface area contributed by atoms with Crippen LogP contribution in [0.3, 0.4) is 0 Å². The number of hydrogen-bond donors (Lipinski definition) is 1. The fourth-order valence-electron chi connectivity index (χ4n) is 2.07. The zero-order valence-electron chi connectivity index (χ0n) is 8.20. The number of benzene rings is 1. The summed E-state index contributed by atoms with van der Waals surface area (Å²) in [6, 6.07) is 7.76. The lowest BCUT2D eigenvalue weighted by Gasteiger charge is -2.32. The molecule has 2 nitrogen and oxygen atoms in total. The molecule has 0 radical (unpaired) electrons. The van der Waals surface area contributed by atoms with Gasteiger partial charge >= 0.3 is 0 Å². The van der Waals surface area contributed by atoms with Crippen LogP contribution in [0.1, 0.15) is 24.0 Å². The second-order valence-corrected chi connectivity index (χ2v) is 4.10. The molecule has 1 aromatic rings. The molecule has 15 heavy (non-hydrogen) atoms. The van der Waals surface area contributed by atoms with E-state index in [1.165, 1.54) is 0 Å². The first-order chi connectivity index (χ1) is 6.64. The number of fused-ring (bicyclic) bond motifs is 1. The molecule has 2 N–H and O–H groups in total. The molecule has 0 fully saturated rings. The molecule has 0 heterocycles. The monoisotopic (exact) mass is 245 g/mol. The molecule has 1 aliphatic rings. The van der Waals surface area contributed by atoms with E-state index < -0.39 is 10.8 Å². The lowest BCUT2D eigenvalue weighted by atomic mass is 9.78. The van der Waals surface area contributed by atoms with Gasteiger partial charge in [0.05, 0.1) is 0 Å². The highest BCUT2D eigenvalue weighted by atomic mass is 35.5. The minimum absolute atomic E-state index is 0. The van der Waals surface area contributed by atoms with Gasteiger partial charge in [-0.15, -0.1) is 12.4 Å². The third kappa shape index (κ3) is 2.03. The van der Waals surface area contributed by atoms with E-state index in [1.807, 2.05) is 24.3 Å². The van der Waals surface area contributed by atoms with Gasteiger partial charge in [-0.2, -0.15) is 0 Å². The van der Waals surface area contributed by atoms with Crippen molar-refractivity contribution in [3.05, 3.63) is 35.4 Å². The minimum atomic E-state index is -0.962. The summed E-state index contributed by atoms with van der Waals surface area (Å²) in [4.78, 5) is 11.3. The van der Waals surface area contributed by atoms with Crippen molar-refractivity contribution in [2.24, 2.45) is 5.73 Å². The first kappa shape index (κ1) is 12.5. The lowest BCUT2D eigenvalue weighted by Crippen LogP contribution is -2.45. The van der Waals surface area contributed by atoms with Crippen LogP contribution >= 0.6 is 24.0 Å². The number of nitrogens with two attached hydrogens (primary N) is 1. The van der Waals surface area contributed by atoms with Crippen molar-refractivity contribution >= 4 is 29.3 Å². The van der Waals surface area contributed by atoms with Gasteiger partial charge in [0.1, 0.15) is 5.54 Å². The molecule has 0 saturated carbocycles. The molecule has 0 aliphatic heterocycles. The van der Waals surface area contributed by atoms with Gasteiger partial charge in [-0.3, -0.25) is 4.79 Å². The largest absolute Gasteiger partial charge is 0.314 e. The van der Waals surface area contributed by atoms with Crippen LogP contribution in [-0.2, 0) is 16.8 Å². The van der Waals surface area contributed by atoms with Crippen molar-refractivity contribution in [3.8, 4) is 0 Å². The van der Waals surface area contributed by atoms with E-state index in [0.717, 1.165) is 24.0 Å². The standard InChI is InChI=1S/C11H12ClNO.ClH/c12-10(14)11(13)7-3-5-8-4-1-2-6-9(8)11;/h1-2,4,6H,3,5,7,13H2;1H. The van der Waals surface area contributed by atoms with Crippen molar-refractivity contribution in [2.75, 3.05) is 0 Å². The topological polar surface area (TPSA) is 43.1 Å². The van der Waals surface area contributed by atoms with Crippen molar-refractivity contribution in [2.45, 2.75) is 24.8 Å². The van der Waals surface area contributed by atoms with Crippen molar-refractivity contribution < 1.29 is 4.79 Å². The highest BCUT2D eigenvalue weighted by molar-refractivity contribution is 6.65. The molecule has 0 aromatic heterocycles. The lowest BCUT2D eigenvalue weighted by molar-refractivity contribution is -0.117. The zero-order chi connectivity index (χ0) is 10.2. The smallest absolute Gasteiger partial charge is 0.246 e. The summed E-state index contributed by atoms with van der Waals surface area (Å²) in [6.07, 6.45) is 2.55. The molecule has 0 saturated heterocycles. The van der Waals surface area contributed by atoms with Gasteiger partial charge in [0.2, 0.25) is 5.24 Å². The van der Waals surface area contributed by atoms with Crippen LogP contribution in [0.4, 0.5) is 0 Å². The maximum Gasteiger partial charge on any atom is 0.246 e. The number of aryl methyl sites for hydroxylation is 1. The Kier molecular flexibility index (Phi) is 3.77. The summed E-state index contributed by atoms with van der Waals surface area (Å²) in [5, 5.41) is -0.454. The number of hydrogen-bond acceptors (Lipinski definition) is 2. The second-order valence-electron chi connectivity index (χ2n) is 3.76. The van der Waals surface area contributed by atoms with Gasteiger partial charge in [0.15, 0.2) is 0 Å². The minimum Gasteiger partial charge on any atom is -0.314 e. The Balaban J connectivity index is 0.00000112. The predicted molar refractivity (Wildman–Crippen MR) is 63.4 cm³/mol. The molecular weight excluding hydrogens is 233 g/mol. The Morgan fingerprint density at radius 2 is 2.07 bits per heavy atom. The van der Waals surface area contributed by atoms with Crippen LogP contribution in [0.15, 0.2) is 24.3 Å².